The van der Waals surface area contributed by atoms with E-state index in [2.05, 4.69) is 24.1 Å². The van der Waals surface area contributed by atoms with Gasteiger partial charge < -0.3 is 15.1 Å². The van der Waals surface area contributed by atoms with Crippen molar-refractivity contribution in [2.75, 3.05) is 45.8 Å². The molecule has 0 saturated heterocycles. The Kier molecular flexibility index (Phi) is 9.24. The summed E-state index contributed by atoms with van der Waals surface area (Å²) >= 11 is 0. The molecule has 96 valence electrons. The number of nitrogens with zero attached hydrogens (tertiary/aromatic N) is 2. The van der Waals surface area contributed by atoms with Crippen LogP contribution in [-0.2, 0) is 4.79 Å². The number of nitrogens with one attached hydrogen (secondary N) is 1. The van der Waals surface area contributed by atoms with Crippen LogP contribution < -0.4 is 5.32 Å². The third-order valence-corrected chi connectivity index (χ3v) is 2.89. The summed E-state index contributed by atoms with van der Waals surface area (Å²) in [6.45, 7) is 14.4. The van der Waals surface area contributed by atoms with E-state index in [-0.39, 0.29) is 5.91 Å². The van der Waals surface area contributed by atoms with E-state index in [1.54, 1.807) is 0 Å². The minimum Gasteiger partial charge on any atom is -0.342 e. The summed E-state index contributed by atoms with van der Waals surface area (Å²) in [4.78, 5) is 15.8. The maximum atomic E-state index is 11.6. The van der Waals surface area contributed by atoms with Crippen molar-refractivity contribution in [3.63, 3.8) is 0 Å². The lowest BCUT2D eigenvalue weighted by Gasteiger charge is -2.20. The Morgan fingerprint density at radius 1 is 1.00 bits per heavy atom. The smallest absolute Gasteiger partial charge is 0.236 e. The number of likely N-dealkylation sites (N-methyl/N-ethyl adjacent to an activating group) is 2. The van der Waals surface area contributed by atoms with E-state index >= 15 is 0 Å². The molecule has 0 atom stereocenters. The monoisotopic (exact) mass is 229 g/mol. The lowest BCUT2D eigenvalue weighted by Crippen LogP contribution is -2.40. The van der Waals surface area contributed by atoms with Crippen molar-refractivity contribution < 1.29 is 4.79 Å². The molecule has 0 rings (SSSR count). The van der Waals surface area contributed by atoms with Crippen LogP contribution >= 0.6 is 0 Å². The predicted molar refractivity (Wildman–Crippen MR) is 68.6 cm³/mol. The fourth-order valence-electron chi connectivity index (χ4n) is 1.66. The van der Waals surface area contributed by atoms with Gasteiger partial charge in [-0.3, -0.25) is 4.79 Å². The van der Waals surface area contributed by atoms with Gasteiger partial charge >= 0.3 is 0 Å². The molecule has 4 nitrogen and oxygen atoms in total. The van der Waals surface area contributed by atoms with Crippen LogP contribution in [0.3, 0.4) is 0 Å². The molecule has 0 aromatic carbocycles. The Balaban J connectivity index is 3.61. The highest BCUT2D eigenvalue weighted by atomic mass is 16.2. The average molecular weight is 229 g/mol. The predicted octanol–water partition coefficient (Wildman–Crippen LogP) is 0.786. The van der Waals surface area contributed by atoms with E-state index in [1.165, 1.54) is 0 Å². The largest absolute Gasteiger partial charge is 0.342 e. The molecule has 0 spiro atoms. The second kappa shape index (κ2) is 9.60. The van der Waals surface area contributed by atoms with Crippen molar-refractivity contribution in [3.8, 4) is 0 Å². The zero-order valence-corrected chi connectivity index (χ0v) is 11.3. The molecule has 0 aliphatic heterocycles. The van der Waals surface area contributed by atoms with Gasteiger partial charge in [0.15, 0.2) is 0 Å². The van der Waals surface area contributed by atoms with Crippen LogP contribution in [0.2, 0.25) is 0 Å². The van der Waals surface area contributed by atoms with Crippen molar-refractivity contribution in [1.29, 1.82) is 0 Å². The summed E-state index contributed by atoms with van der Waals surface area (Å²) in [6.07, 6.45) is 0. The van der Waals surface area contributed by atoms with E-state index < -0.39 is 0 Å². The Morgan fingerprint density at radius 3 is 2.00 bits per heavy atom. The molecule has 0 unspecified atom stereocenters. The molecule has 1 amide bonds. The topological polar surface area (TPSA) is 35.6 Å². The number of hydrogen-bond acceptors (Lipinski definition) is 3. The molecule has 0 saturated carbocycles. The van der Waals surface area contributed by atoms with Gasteiger partial charge in [-0.15, -0.1) is 0 Å². The van der Waals surface area contributed by atoms with E-state index in [9.17, 15) is 4.79 Å². The molecule has 4 heteroatoms. The first-order valence-corrected chi connectivity index (χ1v) is 6.40. The standard InChI is InChI=1S/C12H27N3O/c1-5-14(6-2)10-9-13-11-12(16)15(7-3)8-4/h13H,5-11H2,1-4H3. The molecule has 0 aliphatic carbocycles. The molecule has 0 aromatic heterocycles. The first kappa shape index (κ1) is 15.4. The van der Waals surface area contributed by atoms with Gasteiger partial charge in [0.05, 0.1) is 6.54 Å². The lowest BCUT2D eigenvalue weighted by atomic mass is 10.4. The molecular weight excluding hydrogens is 202 g/mol. The normalized spacial score (nSPS) is 10.8. The first-order chi connectivity index (χ1) is 7.69. The molecule has 16 heavy (non-hydrogen) atoms. The van der Waals surface area contributed by atoms with Gasteiger partial charge in [0.25, 0.3) is 0 Å². The minimum atomic E-state index is 0.199. The zero-order chi connectivity index (χ0) is 12.4. The number of carbonyl (C=O) groups excluding carboxylic acids is 1. The van der Waals surface area contributed by atoms with Crippen LogP contribution in [-0.4, -0.2) is 61.5 Å². The summed E-state index contributed by atoms with van der Waals surface area (Å²) in [7, 11) is 0. The summed E-state index contributed by atoms with van der Waals surface area (Å²) in [5, 5.41) is 3.20. The summed E-state index contributed by atoms with van der Waals surface area (Å²) < 4.78 is 0. The van der Waals surface area contributed by atoms with Gasteiger partial charge in [0.2, 0.25) is 5.91 Å². The SMILES string of the molecule is CCN(CC)CCNCC(=O)N(CC)CC. The maximum Gasteiger partial charge on any atom is 0.236 e. The zero-order valence-electron chi connectivity index (χ0n) is 11.3. The molecule has 0 fully saturated rings. The van der Waals surface area contributed by atoms with Crippen molar-refractivity contribution in [1.82, 2.24) is 15.1 Å². The minimum absolute atomic E-state index is 0.199. The Hall–Kier alpha value is -0.610. The van der Waals surface area contributed by atoms with Gasteiger partial charge in [-0.2, -0.15) is 0 Å². The number of amides is 1. The van der Waals surface area contributed by atoms with Crippen LogP contribution in [0.4, 0.5) is 0 Å². The highest BCUT2D eigenvalue weighted by molar-refractivity contribution is 5.78. The van der Waals surface area contributed by atoms with Gasteiger partial charge in [0, 0.05) is 26.2 Å². The highest BCUT2D eigenvalue weighted by Gasteiger charge is 2.08. The third-order valence-electron chi connectivity index (χ3n) is 2.89. The maximum absolute atomic E-state index is 11.6. The van der Waals surface area contributed by atoms with E-state index in [4.69, 9.17) is 0 Å². The molecule has 0 bridgehead atoms. The van der Waals surface area contributed by atoms with Crippen molar-refractivity contribution in [2.45, 2.75) is 27.7 Å². The average Bonchev–Trinajstić information content (AvgIpc) is 2.31. The van der Waals surface area contributed by atoms with Crippen LogP contribution in [0.1, 0.15) is 27.7 Å². The first-order valence-electron chi connectivity index (χ1n) is 6.40. The number of hydrogen-bond donors (Lipinski definition) is 1. The van der Waals surface area contributed by atoms with Crippen molar-refractivity contribution in [3.05, 3.63) is 0 Å². The quantitative estimate of drug-likeness (QED) is 0.594. The van der Waals surface area contributed by atoms with Gasteiger partial charge in [-0.25, -0.2) is 0 Å². The van der Waals surface area contributed by atoms with Gasteiger partial charge in [-0.05, 0) is 26.9 Å². The molecular formula is C12H27N3O. The van der Waals surface area contributed by atoms with Gasteiger partial charge in [-0.1, -0.05) is 13.8 Å². The molecule has 0 radical (unpaired) electrons. The van der Waals surface area contributed by atoms with Crippen molar-refractivity contribution >= 4 is 5.91 Å². The van der Waals surface area contributed by atoms with E-state index in [0.29, 0.717) is 6.54 Å². The summed E-state index contributed by atoms with van der Waals surface area (Å²) in [5.41, 5.74) is 0. The molecule has 0 aromatic rings. The Morgan fingerprint density at radius 2 is 1.56 bits per heavy atom. The molecule has 0 aliphatic rings. The Labute approximate surface area is 100.0 Å². The van der Waals surface area contributed by atoms with Gasteiger partial charge in [0.1, 0.15) is 0 Å². The van der Waals surface area contributed by atoms with Crippen LogP contribution in [0.15, 0.2) is 0 Å². The van der Waals surface area contributed by atoms with E-state index in [0.717, 1.165) is 39.3 Å². The Bertz CT molecular complexity index is 177. The highest BCUT2D eigenvalue weighted by Crippen LogP contribution is 1.88. The fraction of sp³-hybridized carbons (Fsp3) is 0.917. The second-order valence-electron chi connectivity index (χ2n) is 3.77. The van der Waals surface area contributed by atoms with Crippen LogP contribution in [0.25, 0.3) is 0 Å². The second-order valence-corrected chi connectivity index (χ2v) is 3.77. The summed E-state index contributed by atoms with van der Waals surface area (Å²) in [6, 6.07) is 0. The van der Waals surface area contributed by atoms with Crippen molar-refractivity contribution in [2.24, 2.45) is 0 Å². The number of carbonyl (C=O) groups is 1. The summed E-state index contributed by atoms with van der Waals surface area (Å²) in [5.74, 6) is 0.199. The van der Waals surface area contributed by atoms with Crippen LogP contribution in [0.5, 0.6) is 0 Å². The fourth-order valence-corrected chi connectivity index (χ4v) is 1.66. The number of rotatable bonds is 9. The van der Waals surface area contributed by atoms with Crippen LogP contribution in [0, 0.1) is 0 Å². The lowest BCUT2D eigenvalue weighted by molar-refractivity contribution is -0.129. The third kappa shape index (κ3) is 6.08. The molecule has 0 heterocycles. The van der Waals surface area contributed by atoms with E-state index in [1.807, 2.05) is 18.7 Å². The molecule has 1 N–H and O–H groups in total.